The second kappa shape index (κ2) is 7.85. The van der Waals surface area contributed by atoms with Gasteiger partial charge in [0.2, 0.25) is 0 Å². The van der Waals surface area contributed by atoms with Crippen molar-refractivity contribution in [1.29, 1.82) is 0 Å². The lowest BCUT2D eigenvalue weighted by Crippen LogP contribution is -2.11. The first-order chi connectivity index (χ1) is 13.1. The maximum absolute atomic E-state index is 12.5. The number of amides is 1. The fourth-order valence-corrected chi connectivity index (χ4v) is 4.46. The number of nitrogens with one attached hydrogen (secondary N) is 1. The monoisotopic (exact) mass is 414 g/mol. The van der Waals surface area contributed by atoms with Crippen molar-refractivity contribution < 1.29 is 13.2 Å². The minimum Gasteiger partial charge on any atom is -0.298 e. The average Bonchev–Trinajstić information content (AvgIpc) is 2.97. The van der Waals surface area contributed by atoms with Gasteiger partial charge in [-0.15, -0.1) is 11.3 Å². The van der Waals surface area contributed by atoms with Crippen LogP contribution in [0.15, 0.2) is 42.5 Å². The van der Waals surface area contributed by atoms with Crippen LogP contribution in [0.2, 0.25) is 0 Å². The molecule has 28 heavy (non-hydrogen) atoms. The summed E-state index contributed by atoms with van der Waals surface area (Å²) in [7, 11) is -3.10. The van der Waals surface area contributed by atoms with Crippen LogP contribution in [0.5, 0.6) is 0 Å². The third-order valence-electron chi connectivity index (χ3n) is 4.44. The fourth-order valence-electron chi connectivity index (χ4n) is 2.83. The molecule has 1 heterocycles. The van der Waals surface area contributed by atoms with Gasteiger partial charge < -0.3 is 0 Å². The molecule has 3 rings (SSSR count). The lowest BCUT2D eigenvalue weighted by atomic mass is 10.0. The van der Waals surface area contributed by atoms with Crippen molar-refractivity contribution >= 4 is 32.2 Å². The van der Waals surface area contributed by atoms with E-state index in [1.807, 2.05) is 13.0 Å². The Bertz CT molecular complexity index is 1130. The smallest absolute Gasteiger partial charge is 0.257 e. The molecule has 0 atom stereocenters. The van der Waals surface area contributed by atoms with Gasteiger partial charge in [-0.25, -0.2) is 13.4 Å². The van der Waals surface area contributed by atoms with Crippen LogP contribution >= 0.6 is 11.3 Å². The van der Waals surface area contributed by atoms with Gasteiger partial charge in [0.15, 0.2) is 15.0 Å². The molecule has 0 aliphatic heterocycles. The van der Waals surface area contributed by atoms with Crippen LogP contribution in [0.1, 0.15) is 31.9 Å². The highest BCUT2D eigenvalue weighted by Crippen LogP contribution is 2.31. The largest absolute Gasteiger partial charge is 0.298 e. The molecule has 1 aromatic heterocycles. The Morgan fingerprint density at radius 2 is 1.71 bits per heavy atom. The predicted molar refractivity (Wildman–Crippen MR) is 115 cm³/mol. The van der Waals surface area contributed by atoms with Gasteiger partial charge in [0.05, 0.1) is 11.4 Å². The number of sulfone groups is 1. The number of carbonyl (C=O) groups excluding carboxylic acids is 1. The third-order valence-corrected chi connectivity index (χ3v) is 6.19. The normalized spacial score (nSPS) is 11.4. The average molecular weight is 415 g/mol. The zero-order chi connectivity index (χ0) is 20.5. The number of nitrogens with zero attached hydrogens (tertiary/aromatic N) is 1. The zero-order valence-corrected chi connectivity index (χ0v) is 17.9. The van der Waals surface area contributed by atoms with E-state index in [2.05, 4.69) is 36.3 Å². The Labute approximate surface area is 169 Å². The van der Waals surface area contributed by atoms with Crippen molar-refractivity contribution in [2.75, 3.05) is 11.6 Å². The first-order valence-electron chi connectivity index (χ1n) is 8.75. The van der Waals surface area contributed by atoms with Crippen LogP contribution in [-0.4, -0.2) is 25.6 Å². The minimum atomic E-state index is -3.10. The zero-order valence-electron chi connectivity index (χ0n) is 16.2. The molecule has 0 fully saturated rings. The van der Waals surface area contributed by atoms with E-state index in [9.17, 15) is 13.2 Å². The van der Waals surface area contributed by atoms with Crippen molar-refractivity contribution in [3.05, 3.63) is 69.6 Å². The molecule has 7 heteroatoms. The number of benzene rings is 2. The third kappa shape index (κ3) is 4.85. The molecule has 0 saturated carbocycles. The highest BCUT2D eigenvalue weighted by molar-refractivity contribution is 7.89. The molecule has 1 N–H and O–H groups in total. The molecule has 0 unspecified atom stereocenters. The molecule has 0 saturated heterocycles. The summed E-state index contributed by atoms with van der Waals surface area (Å²) in [5.41, 5.74) is 5.43. The molecular formula is C21H22N2O3S2. The van der Waals surface area contributed by atoms with Gasteiger partial charge in [0.1, 0.15) is 0 Å². The van der Waals surface area contributed by atoms with E-state index in [-0.39, 0.29) is 11.7 Å². The van der Waals surface area contributed by atoms with Crippen molar-refractivity contribution in [3.8, 4) is 11.3 Å². The summed E-state index contributed by atoms with van der Waals surface area (Å²) in [6.45, 7) is 6.12. The van der Waals surface area contributed by atoms with Crippen LogP contribution in [0.3, 0.4) is 0 Å². The van der Waals surface area contributed by atoms with Gasteiger partial charge >= 0.3 is 0 Å². The van der Waals surface area contributed by atoms with Crippen LogP contribution in [-0.2, 0) is 15.6 Å². The highest BCUT2D eigenvalue weighted by atomic mass is 32.2. The molecule has 146 valence electrons. The summed E-state index contributed by atoms with van der Waals surface area (Å²) < 4.78 is 22.7. The van der Waals surface area contributed by atoms with E-state index in [1.54, 1.807) is 24.3 Å². The summed E-state index contributed by atoms with van der Waals surface area (Å²) in [5, 5.41) is 3.37. The summed E-state index contributed by atoms with van der Waals surface area (Å²) in [5.74, 6) is -0.314. The Morgan fingerprint density at radius 3 is 2.32 bits per heavy atom. The van der Waals surface area contributed by atoms with Crippen LogP contribution in [0.25, 0.3) is 11.3 Å². The van der Waals surface area contributed by atoms with Gasteiger partial charge in [0, 0.05) is 22.3 Å². The Balaban J connectivity index is 1.77. The lowest BCUT2D eigenvalue weighted by molar-refractivity contribution is 0.102. The second-order valence-electron chi connectivity index (χ2n) is 6.94. The van der Waals surface area contributed by atoms with E-state index in [0.717, 1.165) is 16.1 Å². The Kier molecular flexibility index (Phi) is 5.67. The van der Waals surface area contributed by atoms with Crippen molar-refractivity contribution in [1.82, 2.24) is 4.98 Å². The molecule has 2 aromatic carbocycles. The number of hydrogen-bond acceptors (Lipinski definition) is 5. The molecule has 0 spiro atoms. The van der Waals surface area contributed by atoms with Crippen molar-refractivity contribution in [3.63, 3.8) is 0 Å². The lowest BCUT2D eigenvalue weighted by Gasteiger charge is -2.04. The van der Waals surface area contributed by atoms with E-state index in [1.165, 1.54) is 28.7 Å². The van der Waals surface area contributed by atoms with Gasteiger partial charge in [-0.2, -0.15) is 0 Å². The molecule has 1 amide bonds. The van der Waals surface area contributed by atoms with Gasteiger partial charge in [-0.05, 0) is 55.7 Å². The quantitative estimate of drug-likeness (QED) is 0.665. The van der Waals surface area contributed by atoms with Gasteiger partial charge in [-0.1, -0.05) is 24.3 Å². The number of hydrogen-bond donors (Lipinski definition) is 1. The van der Waals surface area contributed by atoms with Crippen LogP contribution in [0, 0.1) is 20.8 Å². The maximum Gasteiger partial charge on any atom is 0.257 e. The summed E-state index contributed by atoms with van der Waals surface area (Å²) in [6, 6.07) is 12.8. The second-order valence-corrected chi connectivity index (χ2v) is 10.3. The minimum absolute atomic E-state index is 0.0418. The van der Waals surface area contributed by atoms with Crippen molar-refractivity contribution in [2.45, 2.75) is 26.5 Å². The first-order valence-corrected chi connectivity index (χ1v) is 11.6. The SMILES string of the molecule is Cc1ccc(-c2nc(NC(=O)c3ccc(CS(C)(=O)=O)cc3)sc2C)cc1C. The number of thiazole rings is 1. The molecule has 0 aliphatic carbocycles. The van der Waals surface area contributed by atoms with Gasteiger partial charge in [-0.3, -0.25) is 10.1 Å². The number of anilines is 1. The van der Waals surface area contributed by atoms with E-state index in [4.69, 9.17) is 0 Å². The van der Waals surface area contributed by atoms with Gasteiger partial charge in [0.25, 0.3) is 5.91 Å². The molecule has 0 bridgehead atoms. The molecule has 0 radical (unpaired) electrons. The summed E-state index contributed by atoms with van der Waals surface area (Å²) in [4.78, 5) is 18.1. The van der Waals surface area contributed by atoms with E-state index in [0.29, 0.717) is 16.3 Å². The van der Waals surface area contributed by atoms with Crippen LogP contribution < -0.4 is 5.32 Å². The molecule has 3 aromatic rings. The fraction of sp³-hybridized carbons (Fsp3) is 0.238. The summed E-state index contributed by atoms with van der Waals surface area (Å²) >= 11 is 1.43. The molecule has 0 aliphatic rings. The summed E-state index contributed by atoms with van der Waals surface area (Å²) in [6.07, 6.45) is 1.19. The predicted octanol–water partition coefficient (Wildman–Crippen LogP) is 4.53. The van der Waals surface area contributed by atoms with E-state index >= 15 is 0 Å². The highest BCUT2D eigenvalue weighted by Gasteiger charge is 2.14. The number of rotatable bonds is 5. The van der Waals surface area contributed by atoms with Crippen LogP contribution in [0.4, 0.5) is 5.13 Å². The molecule has 5 nitrogen and oxygen atoms in total. The number of aromatic nitrogens is 1. The Hall–Kier alpha value is -2.51. The standard InChI is InChI=1S/C21H22N2O3S2/c1-13-5-8-18(11-14(13)2)19-15(3)27-21(22-19)23-20(24)17-9-6-16(7-10-17)12-28(4,25)26/h5-11H,12H2,1-4H3,(H,22,23,24). The van der Waals surface area contributed by atoms with E-state index < -0.39 is 9.84 Å². The maximum atomic E-state index is 12.5. The first kappa shape index (κ1) is 20.2. The van der Waals surface area contributed by atoms with Crippen molar-refractivity contribution in [2.24, 2.45) is 0 Å². The molecular weight excluding hydrogens is 392 g/mol. The number of aryl methyl sites for hydroxylation is 3. The topological polar surface area (TPSA) is 76.1 Å². The Morgan fingerprint density at radius 1 is 1.04 bits per heavy atom. The number of carbonyl (C=O) groups is 1.